The maximum atomic E-state index is 12.0. The molecule has 0 aliphatic carbocycles. The van der Waals surface area contributed by atoms with Crippen LogP contribution in [-0.4, -0.2) is 59.8 Å². The van der Waals surface area contributed by atoms with E-state index in [1.165, 1.54) is 0 Å². The van der Waals surface area contributed by atoms with E-state index in [2.05, 4.69) is 0 Å². The lowest BCUT2D eigenvalue weighted by atomic mass is 10.1. The van der Waals surface area contributed by atoms with Crippen LogP contribution in [0.15, 0.2) is 0 Å². The van der Waals surface area contributed by atoms with E-state index in [-0.39, 0.29) is 24.5 Å². The van der Waals surface area contributed by atoms with Crippen LogP contribution in [0.2, 0.25) is 0 Å². The zero-order valence-corrected chi connectivity index (χ0v) is 9.54. The van der Waals surface area contributed by atoms with Crippen molar-refractivity contribution in [2.24, 2.45) is 5.92 Å². The average Bonchev–Trinajstić information content (AvgIpc) is 2.81. The van der Waals surface area contributed by atoms with Crippen molar-refractivity contribution in [1.82, 2.24) is 4.90 Å². The Balaban J connectivity index is 1.88. The SMILES string of the molecule is O=C(C1CCSC1)N1CCOC(CO)C1. The van der Waals surface area contributed by atoms with E-state index in [1.807, 2.05) is 16.7 Å². The van der Waals surface area contributed by atoms with Crippen LogP contribution in [0.5, 0.6) is 0 Å². The summed E-state index contributed by atoms with van der Waals surface area (Å²) in [6.45, 7) is 1.78. The molecule has 1 amide bonds. The molecule has 0 bridgehead atoms. The van der Waals surface area contributed by atoms with Gasteiger partial charge in [-0.05, 0) is 12.2 Å². The predicted octanol–water partition coefficient (Wildman–Crippen LogP) is -0.0408. The smallest absolute Gasteiger partial charge is 0.226 e. The summed E-state index contributed by atoms with van der Waals surface area (Å²) < 4.78 is 5.32. The monoisotopic (exact) mass is 231 g/mol. The van der Waals surface area contributed by atoms with Crippen LogP contribution in [0, 0.1) is 5.92 Å². The van der Waals surface area contributed by atoms with Gasteiger partial charge in [0, 0.05) is 24.8 Å². The van der Waals surface area contributed by atoms with Gasteiger partial charge in [-0.25, -0.2) is 0 Å². The maximum Gasteiger partial charge on any atom is 0.226 e. The molecule has 4 nitrogen and oxygen atoms in total. The van der Waals surface area contributed by atoms with E-state index in [0.29, 0.717) is 19.7 Å². The van der Waals surface area contributed by atoms with Crippen molar-refractivity contribution in [3.8, 4) is 0 Å². The summed E-state index contributed by atoms with van der Waals surface area (Å²) in [5, 5.41) is 8.99. The standard InChI is InChI=1S/C10H17NO3S/c12-6-9-5-11(2-3-14-9)10(13)8-1-4-15-7-8/h8-9,12H,1-7H2. The molecule has 1 N–H and O–H groups in total. The second kappa shape index (κ2) is 5.18. The highest BCUT2D eigenvalue weighted by molar-refractivity contribution is 7.99. The van der Waals surface area contributed by atoms with Crippen LogP contribution < -0.4 is 0 Å². The molecule has 2 rings (SSSR count). The minimum atomic E-state index is -0.184. The number of morpholine rings is 1. The Hall–Kier alpha value is -0.260. The summed E-state index contributed by atoms with van der Waals surface area (Å²) in [5.74, 6) is 2.51. The van der Waals surface area contributed by atoms with Gasteiger partial charge in [0.15, 0.2) is 0 Å². The second-order valence-corrected chi connectivity index (χ2v) is 5.17. The van der Waals surface area contributed by atoms with Crippen molar-refractivity contribution < 1.29 is 14.6 Å². The summed E-state index contributed by atoms with van der Waals surface area (Å²) in [5.41, 5.74) is 0. The Bertz CT molecular complexity index is 231. The van der Waals surface area contributed by atoms with Gasteiger partial charge in [0.05, 0.1) is 19.3 Å². The van der Waals surface area contributed by atoms with E-state index in [0.717, 1.165) is 17.9 Å². The molecule has 2 fully saturated rings. The Morgan fingerprint density at radius 2 is 2.47 bits per heavy atom. The molecule has 2 aliphatic rings. The Labute approximate surface area is 94.0 Å². The average molecular weight is 231 g/mol. The van der Waals surface area contributed by atoms with Crippen molar-refractivity contribution in [2.75, 3.05) is 37.8 Å². The van der Waals surface area contributed by atoms with Crippen molar-refractivity contribution in [3.05, 3.63) is 0 Å². The van der Waals surface area contributed by atoms with Crippen LogP contribution in [0.3, 0.4) is 0 Å². The van der Waals surface area contributed by atoms with Crippen molar-refractivity contribution in [3.63, 3.8) is 0 Å². The number of nitrogens with zero attached hydrogens (tertiary/aromatic N) is 1. The Kier molecular flexibility index (Phi) is 3.88. The highest BCUT2D eigenvalue weighted by Gasteiger charge is 2.30. The summed E-state index contributed by atoms with van der Waals surface area (Å²) in [4.78, 5) is 13.9. The fraction of sp³-hybridized carbons (Fsp3) is 0.900. The first kappa shape index (κ1) is 11.2. The molecule has 2 saturated heterocycles. The molecule has 0 radical (unpaired) electrons. The first-order valence-electron chi connectivity index (χ1n) is 5.40. The van der Waals surface area contributed by atoms with E-state index in [1.54, 1.807) is 0 Å². The lowest BCUT2D eigenvalue weighted by molar-refractivity contribution is -0.143. The molecule has 15 heavy (non-hydrogen) atoms. The van der Waals surface area contributed by atoms with Gasteiger partial charge in [-0.1, -0.05) is 0 Å². The molecule has 0 aromatic rings. The van der Waals surface area contributed by atoms with Crippen LogP contribution >= 0.6 is 11.8 Å². The molecule has 2 unspecified atom stereocenters. The fourth-order valence-corrected chi connectivity index (χ4v) is 3.23. The molecule has 86 valence electrons. The third-order valence-corrected chi connectivity index (χ3v) is 4.10. The first-order valence-corrected chi connectivity index (χ1v) is 6.55. The van der Waals surface area contributed by atoms with Gasteiger partial charge < -0.3 is 14.7 Å². The summed E-state index contributed by atoms with van der Waals surface area (Å²) in [7, 11) is 0. The number of carbonyl (C=O) groups is 1. The van der Waals surface area contributed by atoms with Crippen LogP contribution in [0.25, 0.3) is 0 Å². The molecule has 2 atom stereocenters. The highest BCUT2D eigenvalue weighted by atomic mass is 32.2. The molecule has 0 spiro atoms. The van der Waals surface area contributed by atoms with Gasteiger partial charge in [0.1, 0.15) is 0 Å². The third-order valence-electron chi connectivity index (χ3n) is 2.93. The van der Waals surface area contributed by atoms with Gasteiger partial charge in [0.25, 0.3) is 0 Å². The van der Waals surface area contributed by atoms with Crippen molar-refractivity contribution in [2.45, 2.75) is 12.5 Å². The molecule has 0 aromatic heterocycles. The van der Waals surface area contributed by atoms with E-state index in [9.17, 15) is 4.79 Å². The van der Waals surface area contributed by atoms with E-state index < -0.39 is 0 Å². The number of hydrogen-bond acceptors (Lipinski definition) is 4. The van der Waals surface area contributed by atoms with Crippen molar-refractivity contribution in [1.29, 1.82) is 0 Å². The lowest BCUT2D eigenvalue weighted by Crippen LogP contribution is -2.48. The van der Waals surface area contributed by atoms with Gasteiger partial charge in [0.2, 0.25) is 5.91 Å². The third kappa shape index (κ3) is 2.65. The number of rotatable bonds is 2. The normalized spacial score (nSPS) is 31.9. The van der Waals surface area contributed by atoms with Gasteiger partial charge in [-0.2, -0.15) is 11.8 Å². The minimum Gasteiger partial charge on any atom is -0.394 e. The molecule has 0 aromatic carbocycles. The second-order valence-electron chi connectivity index (χ2n) is 4.02. The lowest BCUT2D eigenvalue weighted by Gasteiger charge is -2.33. The maximum absolute atomic E-state index is 12.0. The molecule has 0 saturated carbocycles. The fourth-order valence-electron chi connectivity index (χ4n) is 2.02. The van der Waals surface area contributed by atoms with Crippen LogP contribution in [0.1, 0.15) is 6.42 Å². The number of aliphatic hydroxyl groups excluding tert-OH is 1. The molecular formula is C10H17NO3S. The predicted molar refractivity (Wildman–Crippen MR) is 58.8 cm³/mol. The minimum absolute atomic E-state index is 0.00317. The molecular weight excluding hydrogens is 214 g/mol. The van der Waals surface area contributed by atoms with Gasteiger partial charge in [-0.15, -0.1) is 0 Å². The Morgan fingerprint density at radius 1 is 1.60 bits per heavy atom. The summed E-state index contributed by atoms with van der Waals surface area (Å²) >= 11 is 1.85. The molecule has 2 heterocycles. The number of carbonyl (C=O) groups excluding carboxylic acids is 1. The zero-order valence-electron chi connectivity index (χ0n) is 8.72. The largest absolute Gasteiger partial charge is 0.394 e. The van der Waals surface area contributed by atoms with Crippen LogP contribution in [0.4, 0.5) is 0 Å². The number of aliphatic hydroxyl groups is 1. The summed E-state index contributed by atoms with van der Waals surface area (Å²) in [6, 6.07) is 0. The van der Waals surface area contributed by atoms with Crippen molar-refractivity contribution >= 4 is 17.7 Å². The first-order chi connectivity index (χ1) is 7.31. The molecule has 2 aliphatic heterocycles. The van der Waals surface area contributed by atoms with Gasteiger partial charge in [-0.3, -0.25) is 4.79 Å². The number of thioether (sulfide) groups is 1. The number of hydrogen-bond donors (Lipinski definition) is 1. The number of ether oxygens (including phenoxy) is 1. The van der Waals surface area contributed by atoms with E-state index in [4.69, 9.17) is 9.84 Å². The number of amides is 1. The zero-order chi connectivity index (χ0) is 10.7. The van der Waals surface area contributed by atoms with E-state index >= 15 is 0 Å². The van der Waals surface area contributed by atoms with Crippen LogP contribution in [-0.2, 0) is 9.53 Å². The summed E-state index contributed by atoms with van der Waals surface area (Å²) in [6.07, 6.45) is 0.821. The topological polar surface area (TPSA) is 49.8 Å². The quantitative estimate of drug-likeness (QED) is 0.724. The molecule has 5 heteroatoms. The highest BCUT2D eigenvalue weighted by Crippen LogP contribution is 2.25. The van der Waals surface area contributed by atoms with Gasteiger partial charge >= 0.3 is 0 Å². The Morgan fingerprint density at radius 3 is 3.13 bits per heavy atom.